The zero-order chi connectivity index (χ0) is 10.3. The average Bonchev–Trinajstić information content (AvgIpc) is 2.10. The van der Waals surface area contributed by atoms with Crippen LogP contribution in [0.1, 0.15) is 20.8 Å². The van der Waals surface area contributed by atoms with Crippen LogP contribution in [0, 0.1) is 17.4 Å². The van der Waals surface area contributed by atoms with Gasteiger partial charge in [0.05, 0.1) is 0 Å². The highest BCUT2D eigenvalue weighted by Gasteiger charge is 2.09. The second-order valence-electron chi connectivity index (χ2n) is 3.13. The van der Waals surface area contributed by atoms with Crippen LogP contribution in [0.25, 0.3) is 0 Å². The standard InChI is InChI=1S/C9H17N3S/c1-5-12(6-8(2)3)9(13-4)11-7-10/h8H,5-6H2,1-4H3. The minimum atomic E-state index is 0.594. The lowest BCUT2D eigenvalue weighted by Crippen LogP contribution is -2.31. The van der Waals surface area contributed by atoms with Gasteiger partial charge in [0.25, 0.3) is 0 Å². The van der Waals surface area contributed by atoms with Crippen LogP contribution >= 0.6 is 11.8 Å². The van der Waals surface area contributed by atoms with Crippen LogP contribution < -0.4 is 0 Å². The van der Waals surface area contributed by atoms with Gasteiger partial charge in [0.15, 0.2) is 5.17 Å². The fourth-order valence-electron chi connectivity index (χ4n) is 1.07. The first-order chi connectivity index (χ1) is 6.15. The fraction of sp³-hybridized carbons (Fsp3) is 0.778. The minimum Gasteiger partial charge on any atom is -0.351 e. The number of hydrogen-bond donors (Lipinski definition) is 0. The molecular weight excluding hydrogens is 182 g/mol. The summed E-state index contributed by atoms with van der Waals surface area (Å²) in [6.07, 6.45) is 3.78. The molecule has 0 saturated heterocycles. The van der Waals surface area contributed by atoms with Crippen LogP contribution in [0.4, 0.5) is 0 Å². The summed E-state index contributed by atoms with van der Waals surface area (Å²) in [5.41, 5.74) is 0. The highest BCUT2D eigenvalue weighted by Crippen LogP contribution is 2.07. The van der Waals surface area contributed by atoms with E-state index < -0.39 is 0 Å². The van der Waals surface area contributed by atoms with Gasteiger partial charge in [-0.2, -0.15) is 5.26 Å². The van der Waals surface area contributed by atoms with E-state index in [1.165, 1.54) is 11.8 Å². The highest BCUT2D eigenvalue weighted by molar-refractivity contribution is 8.13. The molecule has 0 fully saturated rings. The normalized spacial score (nSPS) is 11.5. The van der Waals surface area contributed by atoms with E-state index in [2.05, 4.69) is 30.7 Å². The van der Waals surface area contributed by atoms with E-state index in [0.29, 0.717) is 5.92 Å². The molecule has 0 spiro atoms. The zero-order valence-corrected chi connectivity index (χ0v) is 9.56. The Morgan fingerprint density at radius 1 is 1.62 bits per heavy atom. The molecule has 3 nitrogen and oxygen atoms in total. The van der Waals surface area contributed by atoms with E-state index in [1.807, 2.05) is 12.4 Å². The van der Waals surface area contributed by atoms with Gasteiger partial charge >= 0.3 is 0 Å². The van der Waals surface area contributed by atoms with Gasteiger partial charge in [-0.1, -0.05) is 25.6 Å². The number of amidine groups is 1. The molecule has 0 aromatic carbocycles. The molecule has 0 aliphatic carbocycles. The number of aliphatic imine (C=N–C) groups is 1. The third-order valence-electron chi connectivity index (χ3n) is 1.57. The molecule has 13 heavy (non-hydrogen) atoms. The first-order valence-electron chi connectivity index (χ1n) is 4.41. The van der Waals surface area contributed by atoms with Crippen LogP contribution in [0.3, 0.4) is 0 Å². The molecule has 0 unspecified atom stereocenters. The lowest BCUT2D eigenvalue weighted by atomic mass is 10.2. The Morgan fingerprint density at radius 2 is 2.23 bits per heavy atom. The van der Waals surface area contributed by atoms with Crippen LogP contribution in [-0.4, -0.2) is 29.4 Å². The molecule has 0 amide bonds. The number of nitrogens with zero attached hydrogens (tertiary/aromatic N) is 3. The molecule has 0 rings (SSSR count). The van der Waals surface area contributed by atoms with E-state index >= 15 is 0 Å². The van der Waals surface area contributed by atoms with Gasteiger partial charge in [0.2, 0.25) is 6.19 Å². The second kappa shape index (κ2) is 6.79. The molecule has 0 N–H and O–H groups in total. The van der Waals surface area contributed by atoms with Crippen LogP contribution in [0.15, 0.2) is 4.99 Å². The Morgan fingerprint density at radius 3 is 2.54 bits per heavy atom. The number of nitriles is 1. The minimum absolute atomic E-state index is 0.594. The summed E-state index contributed by atoms with van der Waals surface area (Å²) >= 11 is 1.52. The summed E-state index contributed by atoms with van der Waals surface area (Å²) < 4.78 is 0. The van der Waals surface area contributed by atoms with Crippen molar-refractivity contribution in [2.75, 3.05) is 19.3 Å². The SMILES string of the molecule is CCN(CC(C)C)C(=NC#N)SC. The lowest BCUT2D eigenvalue weighted by Gasteiger charge is -2.24. The van der Waals surface area contributed by atoms with Crippen molar-refractivity contribution >= 4 is 16.9 Å². The Bertz CT molecular complexity index is 205. The molecule has 0 saturated carbocycles. The first kappa shape index (κ1) is 12.3. The van der Waals surface area contributed by atoms with Gasteiger partial charge in [-0.3, -0.25) is 0 Å². The number of hydrogen-bond acceptors (Lipinski definition) is 3. The molecule has 0 bridgehead atoms. The number of rotatable bonds is 3. The van der Waals surface area contributed by atoms with Crippen molar-refractivity contribution in [3.8, 4) is 6.19 Å². The van der Waals surface area contributed by atoms with Crippen molar-refractivity contribution in [1.29, 1.82) is 5.26 Å². The molecule has 0 radical (unpaired) electrons. The molecule has 0 aromatic heterocycles. The topological polar surface area (TPSA) is 39.4 Å². The summed E-state index contributed by atoms with van der Waals surface area (Å²) in [4.78, 5) is 5.90. The van der Waals surface area contributed by atoms with Gasteiger partial charge in [-0.05, 0) is 19.1 Å². The molecule has 0 aliphatic rings. The van der Waals surface area contributed by atoms with Crippen molar-refractivity contribution in [3.05, 3.63) is 0 Å². The van der Waals surface area contributed by atoms with Crippen molar-refractivity contribution in [3.63, 3.8) is 0 Å². The average molecular weight is 199 g/mol. The second-order valence-corrected chi connectivity index (χ2v) is 3.90. The van der Waals surface area contributed by atoms with Crippen LogP contribution in [-0.2, 0) is 0 Å². The largest absolute Gasteiger partial charge is 0.351 e. The third-order valence-corrected chi connectivity index (χ3v) is 2.28. The Labute approximate surface area is 84.8 Å². The maximum absolute atomic E-state index is 8.47. The van der Waals surface area contributed by atoms with Gasteiger partial charge in [-0.15, -0.1) is 4.99 Å². The molecule has 0 aliphatic heterocycles. The molecule has 4 heteroatoms. The highest BCUT2D eigenvalue weighted by atomic mass is 32.2. The Hall–Kier alpha value is -0.690. The summed E-state index contributed by atoms with van der Waals surface area (Å²) in [5.74, 6) is 0.594. The predicted molar refractivity (Wildman–Crippen MR) is 58.6 cm³/mol. The maximum atomic E-state index is 8.47. The molecule has 0 atom stereocenters. The third kappa shape index (κ3) is 4.79. The van der Waals surface area contributed by atoms with E-state index in [0.717, 1.165) is 18.3 Å². The van der Waals surface area contributed by atoms with E-state index in [4.69, 9.17) is 5.26 Å². The van der Waals surface area contributed by atoms with Crippen LogP contribution in [0.5, 0.6) is 0 Å². The summed E-state index contributed by atoms with van der Waals surface area (Å²) in [7, 11) is 0. The zero-order valence-electron chi connectivity index (χ0n) is 8.74. The van der Waals surface area contributed by atoms with Gasteiger partial charge < -0.3 is 4.90 Å². The lowest BCUT2D eigenvalue weighted by molar-refractivity contribution is 0.387. The van der Waals surface area contributed by atoms with E-state index in [1.54, 1.807) is 0 Å². The summed E-state index contributed by atoms with van der Waals surface area (Å²) in [6.45, 7) is 8.25. The number of thioether (sulfide) groups is 1. The quantitative estimate of drug-likeness (QED) is 0.397. The molecular formula is C9H17N3S. The monoisotopic (exact) mass is 199 g/mol. The van der Waals surface area contributed by atoms with Crippen molar-refractivity contribution in [1.82, 2.24) is 4.90 Å². The van der Waals surface area contributed by atoms with Gasteiger partial charge in [0.1, 0.15) is 0 Å². The molecule has 0 aromatic rings. The van der Waals surface area contributed by atoms with Crippen molar-refractivity contribution in [2.24, 2.45) is 10.9 Å². The van der Waals surface area contributed by atoms with Gasteiger partial charge in [0, 0.05) is 13.1 Å². The first-order valence-corrected chi connectivity index (χ1v) is 5.63. The van der Waals surface area contributed by atoms with Crippen molar-refractivity contribution < 1.29 is 0 Å². The van der Waals surface area contributed by atoms with E-state index in [-0.39, 0.29) is 0 Å². The molecule has 74 valence electrons. The summed E-state index contributed by atoms with van der Waals surface area (Å²) in [6, 6.07) is 0. The van der Waals surface area contributed by atoms with Crippen molar-refractivity contribution in [2.45, 2.75) is 20.8 Å². The smallest absolute Gasteiger partial charge is 0.208 e. The van der Waals surface area contributed by atoms with E-state index in [9.17, 15) is 0 Å². The predicted octanol–water partition coefficient (Wildman–Crippen LogP) is 2.16. The Balaban J connectivity index is 4.36. The molecule has 0 heterocycles. The maximum Gasteiger partial charge on any atom is 0.208 e. The summed E-state index contributed by atoms with van der Waals surface area (Å²) in [5, 5.41) is 9.29. The fourth-order valence-corrected chi connectivity index (χ4v) is 1.67. The Kier molecular flexibility index (Phi) is 6.43. The van der Waals surface area contributed by atoms with Gasteiger partial charge in [-0.25, -0.2) is 0 Å². The van der Waals surface area contributed by atoms with Crippen LogP contribution in [0.2, 0.25) is 0 Å².